The van der Waals surface area contributed by atoms with Crippen LogP contribution in [0.15, 0.2) is 77.0 Å². The molecule has 0 aliphatic carbocycles. The minimum atomic E-state index is -0.933. The predicted molar refractivity (Wildman–Crippen MR) is 116 cm³/mol. The zero-order valence-electron chi connectivity index (χ0n) is 16.3. The monoisotopic (exact) mass is 482 g/mol. The summed E-state index contributed by atoms with van der Waals surface area (Å²) in [6.07, 6.45) is 3.06. The van der Waals surface area contributed by atoms with Crippen molar-refractivity contribution in [2.75, 3.05) is 12.0 Å². The van der Waals surface area contributed by atoms with Gasteiger partial charge in [0.25, 0.3) is 11.7 Å². The second-order valence-corrected chi connectivity index (χ2v) is 7.69. The number of pyridine rings is 1. The number of anilines is 1. The highest BCUT2D eigenvalue weighted by Crippen LogP contribution is 2.43. The Kier molecular flexibility index (Phi) is 5.56. The van der Waals surface area contributed by atoms with Crippen molar-refractivity contribution in [3.8, 4) is 5.75 Å². The number of methoxy groups -OCH3 is 1. The molecule has 1 amide bonds. The summed E-state index contributed by atoms with van der Waals surface area (Å²) in [5.41, 5.74) is 0.852. The van der Waals surface area contributed by atoms with Crippen molar-refractivity contribution in [3.05, 3.63) is 94.0 Å². The molecule has 2 heterocycles. The average molecular weight is 483 g/mol. The molecular weight excluding hydrogens is 467 g/mol. The van der Waals surface area contributed by atoms with Crippen LogP contribution < -0.4 is 9.64 Å². The first-order chi connectivity index (χ1) is 14.9. The lowest BCUT2D eigenvalue weighted by Crippen LogP contribution is -2.29. The first-order valence-electron chi connectivity index (χ1n) is 9.22. The fourth-order valence-corrected chi connectivity index (χ4v) is 3.84. The molecule has 1 aliphatic rings. The number of hydrogen-bond acceptors (Lipinski definition) is 5. The Bertz CT molecular complexity index is 1200. The number of hydrogen-bond donors (Lipinski definition) is 1. The van der Waals surface area contributed by atoms with Crippen LogP contribution >= 0.6 is 15.9 Å². The van der Waals surface area contributed by atoms with E-state index >= 15 is 0 Å². The van der Waals surface area contributed by atoms with Crippen LogP contribution in [0.4, 0.5) is 10.1 Å². The number of Topliss-reactive ketones (excluding diaryl/α,β-unsaturated/α-hetero) is 1. The predicted octanol–water partition coefficient (Wildman–Crippen LogP) is 4.62. The van der Waals surface area contributed by atoms with Crippen molar-refractivity contribution in [1.29, 1.82) is 0 Å². The minimum Gasteiger partial charge on any atom is -0.507 e. The van der Waals surface area contributed by atoms with Crippen LogP contribution in [0, 0.1) is 5.82 Å². The zero-order chi connectivity index (χ0) is 22.1. The van der Waals surface area contributed by atoms with E-state index in [9.17, 15) is 19.1 Å². The van der Waals surface area contributed by atoms with Crippen molar-refractivity contribution < 1.29 is 23.8 Å². The van der Waals surface area contributed by atoms with Gasteiger partial charge in [-0.3, -0.25) is 19.5 Å². The largest absolute Gasteiger partial charge is 0.507 e. The molecule has 156 valence electrons. The van der Waals surface area contributed by atoms with Gasteiger partial charge < -0.3 is 9.84 Å². The number of aliphatic hydroxyl groups excluding tert-OH is 1. The van der Waals surface area contributed by atoms with Crippen molar-refractivity contribution in [2.24, 2.45) is 0 Å². The van der Waals surface area contributed by atoms with Gasteiger partial charge in [-0.25, -0.2) is 4.39 Å². The van der Waals surface area contributed by atoms with Crippen LogP contribution in [0.25, 0.3) is 5.76 Å². The molecule has 1 aliphatic heterocycles. The molecule has 0 saturated carbocycles. The molecule has 0 spiro atoms. The second-order valence-electron chi connectivity index (χ2n) is 6.77. The smallest absolute Gasteiger partial charge is 0.300 e. The lowest BCUT2D eigenvalue weighted by Gasteiger charge is -2.25. The van der Waals surface area contributed by atoms with Crippen LogP contribution in [0.2, 0.25) is 0 Å². The molecule has 2 aromatic carbocycles. The lowest BCUT2D eigenvalue weighted by atomic mass is 9.95. The van der Waals surface area contributed by atoms with Crippen LogP contribution in [-0.4, -0.2) is 28.9 Å². The molecule has 6 nitrogen and oxygen atoms in total. The molecule has 1 N–H and O–H groups in total. The SMILES string of the molecule is COc1ccc(F)cc1/C(O)=C1\C(=O)C(=O)N(c2ccc(Br)cc2)C1c1ccncc1. The number of rotatable bonds is 4. The number of amides is 1. The molecule has 1 unspecified atom stereocenters. The van der Waals surface area contributed by atoms with Gasteiger partial charge in [-0.1, -0.05) is 15.9 Å². The van der Waals surface area contributed by atoms with E-state index in [-0.39, 0.29) is 16.9 Å². The van der Waals surface area contributed by atoms with Gasteiger partial charge in [0.05, 0.1) is 24.3 Å². The average Bonchev–Trinajstić information content (AvgIpc) is 3.05. The summed E-state index contributed by atoms with van der Waals surface area (Å²) in [6.45, 7) is 0. The lowest BCUT2D eigenvalue weighted by molar-refractivity contribution is -0.132. The number of benzene rings is 2. The Morgan fingerprint density at radius 2 is 1.77 bits per heavy atom. The van der Waals surface area contributed by atoms with Crippen LogP contribution in [0.5, 0.6) is 5.75 Å². The molecule has 1 saturated heterocycles. The summed E-state index contributed by atoms with van der Waals surface area (Å²) < 4.78 is 20.0. The highest BCUT2D eigenvalue weighted by Gasteiger charge is 2.47. The molecular formula is C23H16BrFN2O4. The first-order valence-corrected chi connectivity index (χ1v) is 10.0. The van der Waals surface area contributed by atoms with Gasteiger partial charge in [0.1, 0.15) is 17.3 Å². The maximum absolute atomic E-state index is 13.9. The maximum atomic E-state index is 13.9. The van der Waals surface area contributed by atoms with E-state index in [1.165, 1.54) is 36.5 Å². The molecule has 0 bridgehead atoms. The van der Waals surface area contributed by atoms with Gasteiger partial charge in [-0.2, -0.15) is 0 Å². The summed E-state index contributed by atoms with van der Waals surface area (Å²) in [5.74, 6) is -2.65. The molecule has 1 fully saturated rings. The van der Waals surface area contributed by atoms with Crippen molar-refractivity contribution in [1.82, 2.24) is 4.98 Å². The second kappa shape index (κ2) is 8.31. The number of halogens is 2. The standard InChI is InChI=1S/C23H16BrFN2O4/c1-31-18-7-4-15(25)12-17(18)21(28)19-20(13-8-10-26-11-9-13)27(23(30)22(19)29)16-5-2-14(24)3-6-16/h2-12,20,28H,1H3/b21-19+. The van der Waals surface area contributed by atoms with Crippen LogP contribution in [0.3, 0.4) is 0 Å². The number of carbonyl (C=O) groups is 2. The third-order valence-corrected chi connectivity index (χ3v) is 5.52. The molecule has 3 aromatic rings. The number of ketones is 1. The molecule has 31 heavy (non-hydrogen) atoms. The van der Waals surface area contributed by atoms with E-state index in [4.69, 9.17) is 4.74 Å². The van der Waals surface area contributed by atoms with Gasteiger partial charge >= 0.3 is 0 Å². The topological polar surface area (TPSA) is 79.7 Å². The number of ether oxygens (including phenoxy) is 1. The number of aliphatic hydroxyl groups is 1. The quantitative estimate of drug-likeness (QED) is 0.333. The van der Waals surface area contributed by atoms with E-state index in [2.05, 4.69) is 20.9 Å². The van der Waals surface area contributed by atoms with Crippen molar-refractivity contribution >= 4 is 39.1 Å². The number of aromatic nitrogens is 1. The number of carbonyl (C=O) groups excluding carboxylic acids is 2. The van der Waals surface area contributed by atoms with E-state index in [0.717, 1.165) is 10.5 Å². The molecule has 0 radical (unpaired) electrons. The Labute approximate surface area is 185 Å². The summed E-state index contributed by atoms with van der Waals surface area (Å²) in [5, 5.41) is 11.1. The van der Waals surface area contributed by atoms with Gasteiger partial charge in [0.15, 0.2) is 0 Å². The highest BCUT2D eigenvalue weighted by molar-refractivity contribution is 9.10. The Hall–Kier alpha value is -3.52. The summed E-state index contributed by atoms with van der Waals surface area (Å²) in [7, 11) is 1.37. The Morgan fingerprint density at radius 1 is 1.10 bits per heavy atom. The van der Waals surface area contributed by atoms with Gasteiger partial charge in [0.2, 0.25) is 0 Å². The van der Waals surface area contributed by atoms with Gasteiger partial charge in [-0.15, -0.1) is 0 Å². The van der Waals surface area contributed by atoms with Gasteiger partial charge in [-0.05, 0) is 60.2 Å². The highest BCUT2D eigenvalue weighted by atomic mass is 79.9. The van der Waals surface area contributed by atoms with Crippen LogP contribution in [0.1, 0.15) is 17.2 Å². The Balaban J connectivity index is 1.97. The molecule has 4 rings (SSSR count). The van der Waals surface area contributed by atoms with E-state index in [0.29, 0.717) is 11.3 Å². The molecule has 8 heteroatoms. The van der Waals surface area contributed by atoms with E-state index < -0.39 is 29.3 Å². The minimum absolute atomic E-state index is 0.0182. The third-order valence-electron chi connectivity index (χ3n) is 4.99. The fraction of sp³-hybridized carbons (Fsp3) is 0.0870. The summed E-state index contributed by atoms with van der Waals surface area (Å²) >= 11 is 3.35. The third kappa shape index (κ3) is 3.70. The fourth-order valence-electron chi connectivity index (χ4n) is 3.57. The molecule has 1 atom stereocenters. The Morgan fingerprint density at radius 3 is 2.42 bits per heavy atom. The van der Waals surface area contributed by atoms with E-state index in [1.807, 2.05) is 0 Å². The zero-order valence-corrected chi connectivity index (χ0v) is 17.8. The summed E-state index contributed by atoms with van der Waals surface area (Å²) in [4.78, 5) is 31.4. The summed E-state index contributed by atoms with van der Waals surface area (Å²) in [6, 6.07) is 12.8. The first kappa shape index (κ1) is 20.7. The maximum Gasteiger partial charge on any atom is 0.300 e. The van der Waals surface area contributed by atoms with Crippen molar-refractivity contribution in [2.45, 2.75) is 6.04 Å². The van der Waals surface area contributed by atoms with Crippen molar-refractivity contribution in [3.63, 3.8) is 0 Å². The van der Waals surface area contributed by atoms with Crippen LogP contribution in [-0.2, 0) is 9.59 Å². The number of nitrogens with zero attached hydrogens (tertiary/aromatic N) is 2. The van der Waals surface area contributed by atoms with Gasteiger partial charge in [0, 0.05) is 22.6 Å². The normalized spacial score (nSPS) is 17.8. The van der Waals surface area contributed by atoms with E-state index in [1.54, 1.807) is 36.4 Å². The molecule has 1 aromatic heterocycles.